The van der Waals surface area contributed by atoms with Gasteiger partial charge in [0.1, 0.15) is 0 Å². The van der Waals surface area contributed by atoms with Crippen molar-refractivity contribution < 1.29 is 13.5 Å². The molecule has 1 aromatic heterocycles. The quantitative estimate of drug-likeness (QED) is 0.886. The van der Waals surface area contributed by atoms with Crippen LogP contribution in [0.3, 0.4) is 0 Å². The number of aliphatic hydroxyl groups is 1. The van der Waals surface area contributed by atoms with Crippen molar-refractivity contribution in [2.24, 2.45) is 5.92 Å². The van der Waals surface area contributed by atoms with Gasteiger partial charge in [0.15, 0.2) is 0 Å². The van der Waals surface area contributed by atoms with Crippen LogP contribution in [0.5, 0.6) is 0 Å². The molecule has 0 radical (unpaired) electrons. The van der Waals surface area contributed by atoms with Crippen LogP contribution in [0.2, 0.25) is 0 Å². The van der Waals surface area contributed by atoms with Gasteiger partial charge >= 0.3 is 0 Å². The molecular weight excluding hydrogens is 356 g/mol. The molecule has 5 nitrogen and oxygen atoms in total. The van der Waals surface area contributed by atoms with Crippen LogP contribution in [0.4, 0.5) is 0 Å². The molecule has 1 N–H and O–H groups in total. The minimum atomic E-state index is -3.19. The Morgan fingerprint density at radius 3 is 2.76 bits per heavy atom. The number of rotatable bonds is 3. The smallest absolute Gasteiger partial charge is 0.211 e. The van der Waals surface area contributed by atoms with E-state index in [0.29, 0.717) is 19.5 Å². The monoisotopic (exact) mass is 380 g/mol. The first-order valence-corrected chi connectivity index (χ1v) is 11.4. The highest BCUT2D eigenvalue weighted by Gasteiger charge is 2.46. The number of thiophene rings is 1. The fourth-order valence-corrected chi connectivity index (χ4v) is 6.10. The zero-order valence-electron chi connectivity index (χ0n) is 14.4. The maximum atomic E-state index is 11.9. The van der Waals surface area contributed by atoms with Gasteiger partial charge in [-0.3, -0.25) is 4.90 Å². The fraction of sp³-hybridized carbons (Fsp3) is 0.556. The molecule has 1 aromatic carbocycles. The van der Waals surface area contributed by atoms with Gasteiger partial charge in [-0.2, -0.15) is 0 Å². The van der Waals surface area contributed by atoms with E-state index in [9.17, 15) is 13.5 Å². The first-order chi connectivity index (χ1) is 11.8. The maximum absolute atomic E-state index is 11.9. The number of fused-ring (bicyclic) bond motifs is 2. The zero-order chi connectivity index (χ0) is 17.7. The number of sulfonamides is 1. The number of nitrogens with zero attached hydrogens (tertiary/aromatic N) is 2. The van der Waals surface area contributed by atoms with Gasteiger partial charge in [-0.1, -0.05) is 18.2 Å². The number of hydrogen-bond acceptors (Lipinski definition) is 5. The lowest BCUT2D eigenvalue weighted by Crippen LogP contribution is -2.60. The number of piperidine rings is 2. The molecule has 2 aromatic rings. The second kappa shape index (κ2) is 6.32. The van der Waals surface area contributed by atoms with Crippen LogP contribution < -0.4 is 0 Å². The lowest BCUT2D eigenvalue weighted by Gasteiger charge is -2.49. The van der Waals surface area contributed by atoms with Crippen molar-refractivity contribution in [2.45, 2.75) is 25.0 Å². The van der Waals surface area contributed by atoms with Crippen LogP contribution in [0.1, 0.15) is 17.7 Å². The lowest BCUT2D eigenvalue weighted by atomic mass is 9.76. The first-order valence-electron chi connectivity index (χ1n) is 8.71. The Bertz CT molecular complexity index is 846. The van der Waals surface area contributed by atoms with E-state index in [-0.39, 0.29) is 5.92 Å². The van der Waals surface area contributed by atoms with Crippen molar-refractivity contribution in [2.75, 3.05) is 32.4 Å². The largest absolute Gasteiger partial charge is 0.389 e. The van der Waals surface area contributed by atoms with E-state index in [4.69, 9.17) is 0 Å². The zero-order valence-corrected chi connectivity index (χ0v) is 16.0. The predicted octanol–water partition coefficient (Wildman–Crippen LogP) is 2.12. The molecule has 0 spiro atoms. The Balaban J connectivity index is 1.48. The van der Waals surface area contributed by atoms with E-state index in [1.54, 1.807) is 0 Å². The Hall–Kier alpha value is -0.990. The van der Waals surface area contributed by atoms with Crippen molar-refractivity contribution in [1.29, 1.82) is 0 Å². The third-order valence-electron chi connectivity index (χ3n) is 5.64. The third-order valence-corrected chi connectivity index (χ3v) is 8.01. The molecule has 136 valence electrons. The van der Waals surface area contributed by atoms with E-state index in [1.807, 2.05) is 11.3 Å². The van der Waals surface area contributed by atoms with Crippen LogP contribution in [0, 0.1) is 5.92 Å². The van der Waals surface area contributed by atoms with Gasteiger partial charge in [0.2, 0.25) is 10.0 Å². The molecule has 2 aliphatic rings. The van der Waals surface area contributed by atoms with E-state index < -0.39 is 15.6 Å². The van der Waals surface area contributed by atoms with Crippen LogP contribution in [-0.2, 0) is 16.6 Å². The minimum Gasteiger partial charge on any atom is -0.389 e. The standard InChI is InChI=1S/C18H24N2O3S2/c1-25(22,23)20-9-7-18(21)6-8-19(11-15(18)12-20)13-16-10-14-4-2-3-5-17(14)24-16/h2-5,10,15,21H,6-9,11-13H2,1H3. The summed E-state index contributed by atoms with van der Waals surface area (Å²) in [7, 11) is -3.19. The summed E-state index contributed by atoms with van der Waals surface area (Å²) in [6.07, 6.45) is 2.52. The summed E-state index contributed by atoms with van der Waals surface area (Å²) in [4.78, 5) is 3.68. The van der Waals surface area contributed by atoms with E-state index in [2.05, 4.69) is 35.2 Å². The lowest BCUT2D eigenvalue weighted by molar-refractivity contribution is -0.102. The molecule has 3 heterocycles. The van der Waals surface area contributed by atoms with Gasteiger partial charge < -0.3 is 5.11 Å². The number of likely N-dealkylation sites (tertiary alicyclic amines) is 1. The van der Waals surface area contributed by atoms with Gasteiger partial charge in [0.25, 0.3) is 0 Å². The van der Waals surface area contributed by atoms with E-state index in [1.165, 1.54) is 25.5 Å². The highest BCUT2D eigenvalue weighted by molar-refractivity contribution is 7.88. The molecule has 7 heteroatoms. The minimum absolute atomic E-state index is 0.0147. The van der Waals surface area contributed by atoms with Crippen LogP contribution in [-0.4, -0.2) is 60.8 Å². The molecule has 4 rings (SSSR count). The average molecular weight is 381 g/mol. The summed E-state index contributed by atoms with van der Waals surface area (Å²) < 4.78 is 26.6. The Morgan fingerprint density at radius 2 is 2.00 bits per heavy atom. The Labute approximate surface area is 152 Å². The fourth-order valence-electron chi connectivity index (χ4n) is 4.12. The molecule has 0 saturated carbocycles. The van der Waals surface area contributed by atoms with Gasteiger partial charge in [-0.15, -0.1) is 11.3 Å². The van der Waals surface area contributed by atoms with Crippen molar-refractivity contribution in [1.82, 2.24) is 9.21 Å². The van der Waals surface area contributed by atoms with Crippen molar-refractivity contribution >= 4 is 31.4 Å². The Kier molecular flexibility index (Phi) is 4.40. The molecular formula is C18H24N2O3S2. The molecule has 2 fully saturated rings. The van der Waals surface area contributed by atoms with Gasteiger partial charge in [-0.05, 0) is 30.4 Å². The summed E-state index contributed by atoms with van der Waals surface area (Å²) in [5.74, 6) is -0.0147. The van der Waals surface area contributed by atoms with Crippen molar-refractivity contribution in [3.05, 3.63) is 35.2 Å². The SMILES string of the molecule is CS(=O)(=O)N1CCC2(O)CCN(Cc3cc4ccccc4s3)CC2C1. The van der Waals surface area contributed by atoms with Gasteiger partial charge in [0, 0.05) is 48.2 Å². The molecule has 0 amide bonds. The summed E-state index contributed by atoms with van der Waals surface area (Å²) in [6, 6.07) is 10.6. The summed E-state index contributed by atoms with van der Waals surface area (Å²) in [6.45, 7) is 3.34. The molecule has 2 aliphatic heterocycles. The molecule has 2 unspecified atom stereocenters. The van der Waals surface area contributed by atoms with Crippen LogP contribution in [0.25, 0.3) is 10.1 Å². The summed E-state index contributed by atoms with van der Waals surface area (Å²) in [5, 5.41) is 12.2. The first kappa shape index (κ1) is 17.4. The van der Waals surface area contributed by atoms with Gasteiger partial charge in [0.05, 0.1) is 11.9 Å². The molecule has 0 bridgehead atoms. The predicted molar refractivity (Wildman–Crippen MR) is 101 cm³/mol. The Morgan fingerprint density at radius 1 is 1.24 bits per heavy atom. The van der Waals surface area contributed by atoms with E-state index in [0.717, 1.165) is 26.1 Å². The summed E-state index contributed by atoms with van der Waals surface area (Å²) in [5.41, 5.74) is -0.710. The summed E-state index contributed by atoms with van der Waals surface area (Å²) >= 11 is 1.81. The highest BCUT2D eigenvalue weighted by Crippen LogP contribution is 2.37. The van der Waals surface area contributed by atoms with Gasteiger partial charge in [-0.25, -0.2) is 12.7 Å². The second-order valence-corrected chi connectivity index (χ2v) is 10.6. The van der Waals surface area contributed by atoms with E-state index >= 15 is 0 Å². The maximum Gasteiger partial charge on any atom is 0.211 e. The second-order valence-electron chi connectivity index (χ2n) is 7.41. The van der Waals surface area contributed by atoms with Crippen molar-refractivity contribution in [3.63, 3.8) is 0 Å². The molecule has 25 heavy (non-hydrogen) atoms. The molecule has 0 aliphatic carbocycles. The highest BCUT2D eigenvalue weighted by atomic mass is 32.2. The van der Waals surface area contributed by atoms with Crippen LogP contribution >= 0.6 is 11.3 Å². The topological polar surface area (TPSA) is 60.9 Å². The van der Waals surface area contributed by atoms with Crippen LogP contribution in [0.15, 0.2) is 30.3 Å². The third kappa shape index (κ3) is 3.48. The number of hydrogen-bond donors (Lipinski definition) is 1. The average Bonchev–Trinajstić information content (AvgIpc) is 2.96. The molecule has 2 atom stereocenters. The normalized spacial score (nSPS) is 29.0. The van der Waals surface area contributed by atoms with Crippen molar-refractivity contribution in [3.8, 4) is 0 Å². The molecule has 2 saturated heterocycles. The number of benzene rings is 1.